The van der Waals surface area contributed by atoms with E-state index in [4.69, 9.17) is 16.3 Å². The minimum atomic E-state index is -0.528. The molecule has 0 spiro atoms. The lowest BCUT2D eigenvalue weighted by molar-refractivity contribution is -0.120. The van der Waals surface area contributed by atoms with Gasteiger partial charge in [0, 0.05) is 12.6 Å². The summed E-state index contributed by atoms with van der Waals surface area (Å²) in [6.45, 7) is 3.60. The largest absolute Gasteiger partial charge is 0.378 e. The Balaban J connectivity index is 2.13. The maximum atomic E-state index is 13.6. The third-order valence-corrected chi connectivity index (χ3v) is 4.02. The molecule has 2 atom stereocenters. The van der Waals surface area contributed by atoms with Crippen LogP contribution in [0.3, 0.4) is 0 Å². The number of halogens is 2. The molecule has 2 aliphatic rings. The van der Waals surface area contributed by atoms with E-state index in [2.05, 4.69) is 10.2 Å². The Morgan fingerprint density at radius 1 is 1.53 bits per heavy atom. The monoisotopic (exact) mass is 284 g/mol. The first-order valence-electron chi connectivity index (χ1n) is 6.26. The maximum Gasteiger partial charge on any atom is 0.232 e. The smallest absolute Gasteiger partial charge is 0.232 e. The SMILES string of the molecule is CCN1c2cc(Cl)c(F)cc2NC(=O)C2COCC21. The fourth-order valence-electron chi connectivity index (χ4n) is 2.78. The van der Waals surface area contributed by atoms with Crippen LogP contribution in [0.4, 0.5) is 15.8 Å². The average molecular weight is 285 g/mol. The number of nitrogens with zero attached hydrogens (tertiary/aromatic N) is 1. The molecule has 1 saturated heterocycles. The summed E-state index contributed by atoms with van der Waals surface area (Å²) in [6.07, 6.45) is 0. The summed E-state index contributed by atoms with van der Waals surface area (Å²) in [5.74, 6) is -0.879. The van der Waals surface area contributed by atoms with E-state index in [0.29, 0.717) is 25.4 Å². The van der Waals surface area contributed by atoms with Crippen LogP contribution in [0.25, 0.3) is 0 Å². The van der Waals surface area contributed by atoms with E-state index in [1.165, 1.54) is 6.07 Å². The molecule has 0 bridgehead atoms. The third-order valence-electron chi connectivity index (χ3n) is 3.73. The first kappa shape index (κ1) is 12.7. The number of benzene rings is 1. The number of rotatable bonds is 1. The highest BCUT2D eigenvalue weighted by atomic mass is 35.5. The van der Waals surface area contributed by atoms with Crippen LogP contribution in [0.2, 0.25) is 5.02 Å². The fourth-order valence-corrected chi connectivity index (χ4v) is 2.94. The molecule has 2 unspecified atom stereocenters. The molecule has 1 aromatic rings. The number of hydrogen-bond donors (Lipinski definition) is 1. The van der Waals surface area contributed by atoms with Gasteiger partial charge in [-0.05, 0) is 13.0 Å². The van der Waals surface area contributed by atoms with Crippen molar-refractivity contribution in [3.05, 3.63) is 23.0 Å². The van der Waals surface area contributed by atoms with Gasteiger partial charge >= 0.3 is 0 Å². The van der Waals surface area contributed by atoms with Crippen LogP contribution in [0.15, 0.2) is 12.1 Å². The number of hydrogen-bond acceptors (Lipinski definition) is 3. The van der Waals surface area contributed by atoms with Gasteiger partial charge in [0.25, 0.3) is 0 Å². The van der Waals surface area contributed by atoms with Crippen molar-refractivity contribution in [1.82, 2.24) is 0 Å². The number of carbonyl (C=O) groups is 1. The van der Waals surface area contributed by atoms with Gasteiger partial charge in [-0.1, -0.05) is 11.6 Å². The van der Waals surface area contributed by atoms with E-state index in [-0.39, 0.29) is 22.9 Å². The molecule has 102 valence electrons. The standard InChI is InChI=1S/C13H14ClFN2O2/c1-2-17-11-3-8(14)9(15)4-10(11)16-13(18)7-5-19-6-12(7)17/h3-4,7,12H,2,5-6H2,1H3,(H,16,18). The molecular weight excluding hydrogens is 271 g/mol. The van der Waals surface area contributed by atoms with Crippen LogP contribution in [0, 0.1) is 11.7 Å². The maximum absolute atomic E-state index is 13.6. The molecule has 0 aliphatic carbocycles. The Kier molecular flexibility index (Phi) is 3.11. The summed E-state index contributed by atoms with van der Waals surface area (Å²) in [5.41, 5.74) is 1.23. The van der Waals surface area contributed by atoms with Crippen molar-refractivity contribution < 1.29 is 13.9 Å². The number of amides is 1. The molecule has 1 amide bonds. The molecule has 19 heavy (non-hydrogen) atoms. The number of carbonyl (C=O) groups excluding carboxylic acids is 1. The van der Waals surface area contributed by atoms with Gasteiger partial charge in [0.05, 0.1) is 41.6 Å². The van der Waals surface area contributed by atoms with E-state index in [1.54, 1.807) is 6.07 Å². The summed E-state index contributed by atoms with van der Waals surface area (Å²) >= 11 is 5.85. The van der Waals surface area contributed by atoms with Crippen molar-refractivity contribution >= 4 is 28.9 Å². The Hall–Kier alpha value is -1.33. The van der Waals surface area contributed by atoms with E-state index in [9.17, 15) is 9.18 Å². The van der Waals surface area contributed by atoms with Crippen LogP contribution in [-0.2, 0) is 9.53 Å². The zero-order chi connectivity index (χ0) is 13.6. The normalized spacial score (nSPS) is 25.6. The molecular formula is C13H14ClFN2O2. The quantitative estimate of drug-likeness (QED) is 0.860. The third kappa shape index (κ3) is 1.97. The first-order valence-corrected chi connectivity index (χ1v) is 6.64. The van der Waals surface area contributed by atoms with E-state index >= 15 is 0 Å². The van der Waals surface area contributed by atoms with Crippen LogP contribution in [-0.4, -0.2) is 31.7 Å². The van der Waals surface area contributed by atoms with Gasteiger partial charge in [0.2, 0.25) is 5.91 Å². The van der Waals surface area contributed by atoms with Gasteiger partial charge in [-0.15, -0.1) is 0 Å². The zero-order valence-electron chi connectivity index (χ0n) is 10.5. The molecule has 0 radical (unpaired) electrons. The highest BCUT2D eigenvalue weighted by Crippen LogP contribution is 2.38. The topological polar surface area (TPSA) is 41.6 Å². The van der Waals surface area contributed by atoms with Crippen LogP contribution >= 0.6 is 11.6 Å². The van der Waals surface area contributed by atoms with Crippen molar-refractivity contribution in [2.75, 3.05) is 30.0 Å². The number of likely N-dealkylation sites (N-methyl/N-ethyl adjacent to an activating group) is 1. The van der Waals surface area contributed by atoms with Gasteiger partial charge in [0.15, 0.2) is 0 Å². The Morgan fingerprint density at radius 3 is 3.05 bits per heavy atom. The number of fused-ring (bicyclic) bond motifs is 2. The van der Waals surface area contributed by atoms with Crippen molar-refractivity contribution in [2.45, 2.75) is 13.0 Å². The lowest BCUT2D eigenvalue weighted by atomic mass is 10.0. The van der Waals surface area contributed by atoms with Gasteiger partial charge in [-0.2, -0.15) is 0 Å². The molecule has 1 aromatic carbocycles. The minimum absolute atomic E-state index is 0.0206. The molecule has 1 fully saturated rings. The Bertz CT molecular complexity index is 538. The van der Waals surface area contributed by atoms with Gasteiger partial charge < -0.3 is 15.0 Å². The number of nitrogens with one attached hydrogen (secondary N) is 1. The van der Waals surface area contributed by atoms with Crippen LogP contribution in [0.5, 0.6) is 0 Å². The summed E-state index contributed by atoms with van der Waals surface area (Å²) in [6, 6.07) is 2.82. The fraction of sp³-hybridized carbons (Fsp3) is 0.462. The predicted octanol–water partition coefficient (Wildman–Crippen LogP) is 2.27. The molecule has 0 aromatic heterocycles. The lowest BCUT2D eigenvalue weighted by Crippen LogP contribution is -2.42. The Morgan fingerprint density at radius 2 is 2.32 bits per heavy atom. The average Bonchev–Trinajstić information content (AvgIpc) is 2.81. The highest BCUT2D eigenvalue weighted by Gasteiger charge is 2.41. The molecule has 3 rings (SSSR count). The molecule has 0 saturated carbocycles. The summed E-state index contributed by atoms with van der Waals surface area (Å²) in [4.78, 5) is 14.2. The highest BCUT2D eigenvalue weighted by molar-refractivity contribution is 6.31. The minimum Gasteiger partial charge on any atom is -0.378 e. The second kappa shape index (κ2) is 4.65. The van der Waals surface area contributed by atoms with E-state index in [0.717, 1.165) is 5.69 Å². The van der Waals surface area contributed by atoms with E-state index < -0.39 is 5.82 Å². The summed E-state index contributed by atoms with van der Waals surface area (Å²) in [5, 5.41) is 2.83. The van der Waals surface area contributed by atoms with Gasteiger partial charge in [-0.25, -0.2) is 4.39 Å². The molecule has 4 nitrogen and oxygen atoms in total. The predicted molar refractivity (Wildman–Crippen MR) is 71.2 cm³/mol. The second-order valence-electron chi connectivity index (χ2n) is 4.77. The first-order chi connectivity index (χ1) is 9.11. The van der Waals surface area contributed by atoms with Crippen LogP contribution in [0.1, 0.15) is 6.92 Å². The van der Waals surface area contributed by atoms with Crippen LogP contribution < -0.4 is 10.2 Å². The van der Waals surface area contributed by atoms with Crippen molar-refractivity contribution in [3.63, 3.8) is 0 Å². The molecule has 2 aliphatic heterocycles. The van der Waals surface area contributed by atoms with Gasteiger partial charge in [0.1, 0.15) is 5.82 Å². The lowest BCUT2D eigenvalue weighted by Gasteiger charge is -2.30. The summed E-state index contributed by atoms with van der Waals surface area (Å²) in [7, 11) is 0. The summed E-state index contributed by atoms with van der Waals surface area (Å²) < 4.78 is 19.0. The van der Waals surface area contributed by atoms with Gasteiger partial charge in [-0.3, -0.25) is 4.79 Å². The van der Waals surface area contributed by atoms with Crippen molar-refractivity contribution in [3.8, 4) is 0 Å². The van der Waals surface area contributed by atoms with E-state index in [1.807, 2.05) is 6.92 Å². The van der Waals surface area contributed by atoms with Crippen molar-refractivity contribution in [2.24, 2.45) is 5.92 Å². The Labute approximate surface area is 115 Å². The number of ether oxygens (including phenoxy) is 1. The molecule has 1 N–H and O–H groups in total. The molecule has 2 heterocycles. The zero-order valence-corrected chi connectivity index (χ0v) is 11.2. The second-order valence-corrected chi connectivity index (χ2v) is 5.18. The number of anilines is 2. The van der Waals surface area contributed by atoms with Crippen molar-refractivity contribution in [1.29, 1.82) is 0 Å². The molecule has 6 heteroatoms.